The average molecular weight is 247 g/mol. The first-order chi connectivity index (χ1) is 9.24. The maximum Gasteiger partial charge on any atom is 0.0346 e. The zero-order valence-electron chi connectivity index (χ0n) is 11.3. The average Bonchev–Trinajstić information content (AvgIpc) is 2.47. The summed E-state index contributed by atoms with van der Waals surface area (Å²) in [6.07, 6.45) is 3.74. The van der Waals surface area contributed by atoms with E-state index in [9.17, 15) is 0 Å². The molecule has 1 aromatic heterocycles. The molecular formula is C18H17N. The van der Waals surface area contributed by atoms with Gasteiger partial charge in [0, 0.05) is 17.8 Å². The highest BCUT2D eigenvalue weighted by Crippen LogP contribution is 2.25. The van der Waals surface area contributed by atoms with Crippen molar-refractivity contribution >= 4 is 10.8 Å². The van der Waals surface area contributed by atoms with Crippen LogP contribution in [-0.2, 0) is 0 Å². The normalized spacial score (nSPS) is 11.1. The van der Waals surface area contributed by atoms with Gasteiger partial charge >= 0.3 is 0 Å². The van der Waals surface area contributed by atoms with Crippen LogP contribution in [0.3, 0.4) is 0 Å². The molecule has 0 aliphatic heterocycles. The molecule has 0 saturated carbocycles. The molecule has 0 fully saturated rings. The molecule has 0 atom stereocenters. The second-order valence-electron chi connectivity index (χ2n) is 5.21. The van der Waals surface area contributed by atoms with Gasteiger partial charge in [-0.15, -0.1) is 0 Å². The van der Waals surface area contributed by atoms with E-state index < -0.39 is 0 Å². The van der Waals surface area contributed by atoms with Crippen molar-refractivity contribution in [3.05, 3.63) is 66.5 Å². The smallest absolute Gasteiger partial charge is 0.0346 e. The Balaban J connectivity index is 2.03. The van der Waals surface area contributed by atoms with Crippen molar-refractivity contribution in [3.63, 3.8) is 0 Å². The molecule has 19 heavy (non-hydrogen) atoms. The summed E-state index contributed by atoms with van der Waals surface area (Å²) in [5.74, 6) is 0.580. The minimum Gasteiger partial charge on any atom is -0.264 e. The summed E-state index contributed by atoms with van der Waals surface area (Å²) in [6, 6.07) is 17.4. The lowest BCUT2D eigenvalue weighted by atomic mass is 9.98. The summed E-state index contributed by atoms with van der Waals surface area (Å²) in [4.78, 5) is 4.15. The summed E-state index contributed by atoms with van der Waals surface area (Å²) < 4.78 is 0. The van der Waals surface area contributed by atoms with E-state index in [-0.39, 0.29) is 0 Å². The Hall–Kier alpha value is -2.15. The molecule has 94 valence electrons. The number of hydrogen-bond donors (Lipinski definition) is 0. The third-order valence-corrected chi connectivity index (χ3v) is 3.55. The highest BCUT2D eigenvalue weighted by atomic mass is 14.6. The van der Waals surface area contributed by atoms with Gasteiger partial charge in [0.05, 0.1) is 0 Å². The number of benzene rings is 2. The number of fused-ring (bicyclic) bond motifs is 1. The van der Waals surface area contributed by atoms with Crippen LogP contribution in [0.15, 0.2) is 60.9 Å². The zero-order chi connectivity index (χ0) is 13.2. The Kier molecular flexibility index (Phi) is 3.04. The van der Waals surface area contributed by atoms with Crippen LogP contribution in [0.1, 0.15) is 25.3 Å². The molecule has 3 aromatic rings. The largest absolute Gasteiger partial charge is 0.264 e. The molecule has 0 bridgehead atoms. The van der Waals surface area contributed by atoms with Crippen molar-refractivity contribution in [2.45, 2.75) is 19.8 Å². The van der Waals surface area contributed by atoms with Gasteiger partial charge in [-0.25, -0.2) is 0 Å². The van der Waals surface area contributed by atoms with E-state index in [0.29, 0.717) is 5.92 Å². The number of pyridine rings is 1. The van der Waals surface area contributed by atoms with Gasteiger partial charge in [-0.05, 0) is 40.1 Å². The predicted molar refractivity (Wildman–Crippen MR) is 81.3 cm³/mol. The Labute approximate surface area is 113 Å². The van der Waals surface area contributed by atoms with E-state index in [0.717, 1.165) is 0 Å². The molecule has 1 heteroatoms. The number of hydrogen-bond acceptors (Lipinski definition) is 1. The van der Waals surface area contributed by atoms with Gasteiger partial charge in [-0.2, -0.15) is 0 Å². The minimum absolute atomic E-state index is 0.580. The topological polar surface area (TPSA) is 12.9 Å². The van der Waals surface area contributed by atoms with Crippen LogP contribution >= 0.6 is 0 Å². The van der Waals surface area contributed by atoms with Crippen molar-refractivity contribution in [2.75, 3.05) is 0 Å². The molecule has 1 nitrogen and oxygen atoms in total. The lowest BCUT2D eigenvalue weighted by Crippen LogP contribution is -1.86. The lowest BCUT2D eigenvalue weighted by Gasteiger charge is -2.08. The second-order valence-corrected chi connectivity index (χ2v) is 5.21. The first kappa shape index (κ1) is 11.9. The molecule has 0 spiro atoms. The summed E-state index contributed by atoms with van der Waals surface area (Å²) in [7, 11) is 0. The fourth-order valence-electron chi connectivity index (χ4n) is 2.32. The first-order valence-corrected chi connectivity index (χ1v) is 6.68. The quantitative estimate of drug-likeness (QED) is 0.619. The SMILES string of the molecule is CC(C)c1ccc(-c2ccc3cnccc3c2)cc1. The van der Waals surface area contributed by atoms with Gasteiger partial charge in [0.2, 0.25) is 0 Å². The van der Waals surface area contributed by atoms with Crippen LogP contribution < -0.4 is 0 Å². The van der Waals surface area contributed by atoms with Crippen LogP contribution in [0.5, 0.6) is 0 Å². The Morgan fingerprint density at radius 3 is 2.26 bits per heavy atom. The number of aromatic nitrogens is 1. The predicted octanol–water partition coefficient (Wildman–Crippen LogP) is 5.03. The molecule has 0 amide bonds. The first-order valence-electron chi connectivity index (χ1n) is 6.68. The van der Waals surface area contributed by atoms with Crippen molar-refractivity contribution < 1.29 is 0 Å². The van der Waals surface area contributed by atoms with Gasteiger partial charge in [0.15, 0.2) is 0 Å². The summed E-state index contributed by atoms with van der Waals surface area (Å²) in [6.45, 7) is 4.44. The maximum absolute atomic E-state index is 4.15. The number of rotatable bonds is 2. The molecule has 2 aromatic carbocycles. The summed E-state index contributed by atoms with van der Waals surface area (Å²) in [5, 5.41) is 2.42. The molecular weight excluding hydrogens is 230 g/mol. The Morgan fingerprint density at radius 1 is 0.789 bits per heavy atom. The fraction of sp³-hybridized carbons (Fsp3) is 0.167. The van der Waals surface area contributed by atoms with E-state index in [1.807, 2.05) is 12.4 Å². The molecule has 0 radical (unpaired) electrons. The van der Waals surface area contributed by atoms with E-state index in [1.165, 1.54) is 27.5 Å². The molecule has 3 rings (SSSR count). The van der Waals surface area contributed by atoms with Gasteiger partial charge < -0.3 is 0 Å². The van der Waals surface area contributed by atoms with Crippen molar-refractivity contribution in [3.8, 4) is 11.1 Å². The van der Waals surface area contributed by atoms with Gasteiger partial charge in [-0.3, -0.25) is 4.98 Å². The van der Waals surface area contributed by atoms with E-state index in [2.05, 4.69) is 67.4 Å². The monoisotopic (exact) mass is 247 g/mol. The summed E-state index contributed by atoms with van der Waals surface area (Å²) >= 11 is 0. The third kappa shape index (κ3) is 2.37. The van der Waals surface area contributed by atoms with Crippen molar-refractivity contribution in [2.24, 2.45) is 0 Å². The summed E-state index contributed by atoms with van der Waals surface area (Å²) in [5.41, 5.74) is 3.91. The molecule has 0 saturated heterocycles. The van der Waals surface area contributed by atoms with Gasteiger partial charge in [0.1, 0.15) is 0 Å². The van der Waals surface area contributed by atoms with E-state index in [1.54, 1.807) is 0 Å². The lowest BCUT2D eigenvalue weighted by molar-refractivity contribution is 0.867. The standard InChI is InChI=1S/C18H17N/c1-13(2)14-3-5-15(6-4-14)16-7-8-18-12-19-10-9-17(18)11-16/h3-13H,1-2H3. The zero-order valence-corrected chi connectivity index (χ0v) is 11.3. The fourth-order valence-corrected chi connectivity index (χ4v) is 2.32. The highest BCUT2D eigenvalue weighted by Gasteiger charge is 2.02. The Morgan fingerprint density at radius 2 is 1.53 bits per heavy atom. The molecule has 0 unspecified atom stereocenters. The minimum atomic E-state index is 0.580. The number of nitrogens with zero attached hydrogens (tertiary/aromatic N) is 1. The van der Waals surface area contributed by atoms with E-state index >= 15 is 0 Å². The van der Waals surface area contributed by atoms with Gasteiger partial charge in [-0.1, -0.05) is 50.2 Å². The van der Waals surface area contributed by atoms with Crippen LogP contribution in [0.25, 0.3) is 21.9 Å². The Bertz CT molecular complexity index is 696. The van der Waals surface area contributed by atoms with Crippen LogP contribution in [0.2, 0.25) is 0 Å². The second kappa shape index (κ2) is 4.85. The maximum atomic E-state index is 4.15. The third-order valence-electron chi connectivity index (χ3n) is 3.55. The van der Waals surface area contributed by atoms with Crippen molar-refractivity contribution in [1.82, 2.24) is 4.98 Å². The molecule has 1 heterocycles. The highest BCUT2D eigenvalue weighted by molar-refractivity contribution is 5.86. The molecule has 0 aliphatic rings. The molecule has 0 N–H and O–H groups in total. The van der Waals surface area contributed by atoms with Crippen LogP contribution in [0, 0.1) is 0 Å². The van der Waals surface area contributed by atoms with Gasteiger partial charge in [0.25, 0.3) is 0 Å². The molecule has 0 aliphatic carbocycles. The van der Waals surface area contributed by atoms with Crippen molar-refractivity contribution in [1.29, 1.82) is 0 Å². The van der Waals surface area contributed by atoms with E-state index in [4.69, 9.17) is 0 Å². The van der Waals surface area contributed by atoms with Crippen LogP contribution in [-0.4, -0.2) is 4.98 Å². The van der Waals surface area contributed by atoms with Crippen LogP contribution in [0.4, 0.5) is 0 Å².